The summed E-state index contributed by atoms with van der Waals surface area (Å²) in [6.07, 6.45) is 3.88. The van der Waals surface area contributed by atoms with E-state index >= 15 is 0 Å². The first-order valence-electron chi connectivity index (χ1n) is 6.30. The summed E-state index contributed by atoms with van der Waals surface area (Å²) in [7, 11) is 0. The van der Waals surface area contributed by atoms with Crippen LogP contribution in [-0.2, 0) is 11.3 Å². The topological polar surface area (TPSA) is 82.5 Å². The standard InChI is InChI=1S/C12H17N3O3S/c16-11(17)6-15(10-3-1-2-4-10)12(18)13-5-9-7-19-8-14-9/h7-8,10H,1-6H2,(H,13,18)(H,16,17). The molecule has 1 aromatic heterocycles. The number of aromatic nitrogens is 1. The van der Waals surface area contributed by atoms with Crippen LogP contribution in [0.1, 0.15) is 31.4 Å². The number of carboxylic acids is 1. The van der Waals surface area contributed by atoms with Gasteiger partial charge in [-0.05, 0) is 12.8 Å². The second-order valence-electron chi connectivity index (χ2n) is 4.60. The molecule has 2 N–H and O–H groups in total. The molecule has 0 aliphatic heterocycles. The lowest BCUT2D eigenvalue weighted by molar-refractivity contribution is -0.138. The van der Waals surface area contributed by atoms with Gasteiger partial charge in [-0.1, -0.05) is 12.8 Å². The molecular formula is C12H17N3O3S. The van der Waals surface area contributed by atoms with E-state index in [-0.39, 0.29) is 18.6 Å². The van der Waals surface area contributed by atoms with E-state index in [9.17, 15) is 9.59 Å². The van der Waals surface area contributed by atoms with Crippen molar-refractivity contribution in [2.45, 2.75) is 38.3 Å². The van der Waals surface area contributed by atoms with Crippen molar-refractivity contribution < 1.29 is 14.7 Å². The molecule has 2 rings (SSSR count). The highest BCUT2D eigenvalue weighted by Gasteiger charge is 2.28. The van der Waals surface area contributed by atoms with Crippen LogP contribution in [0.15, 0.2) is 10.9 Å². The van der Waals surface area contributed by atoms with Crippen molar-refractivity contribution in [1.29, 1.82) is 0 Å². The minimum Gasteiger partial charge on any atom is -0.480 e. The third-order valence-electron chi connectivity index (χ3n) is 3.24. The number of carboxylic acid groups (broad SMARTS) is 1. The lowest BCUT2D eigenvalue weighted by Gasteiger charge is -2.27. The number of hydrogen-bond donors (Lipinski definition) is 2. The molecule has 1 aliphatic carbocycles. The van der Waals surface area contributed by atoms with E-state index in [1.807, 2.05) is 5.38 Å². The van der Waals surface area contributed by atoms with Gasteiger partial charge in [0.1, 0.15) is 6.54 Å². The predicted octanol–water partition coefficient (Wildman–Crippen LogP) is 1.68. The molecule has 0 aromatic carbocycles. The van der Waals surface area contributed by atoms with E-state index in [4.69, 9.17) is 5.11 Å². The zero-order valence-electron chi connectivity index (χ0n) is 10.5. The third kappa shape index (κ3) is 3.92. The molecule has 2 amide bonds. The Hall–Kier alpha value is -1.63. The minimum atomic E-state index is -0.976. The van der Waals surface area contributed by atoms with E-state index in [0.29, 0.717) is 6.54 Å². The summed E-state index contributed by atoms with van der Waals surface area (Å²) < 4.78 is 0. The molecule has 19 heavy (non-hydrogen) atoms. The summed E-state index contributed by atoms with van der Waals surface area (Å²) in [5.74, 6) is -0.976. The van der Waals surface area contributed by atoms with Crippen LogP contribution >= 0.6 is 11.3 Å². The summed E-state index contributed by atoms with van der Waals surface area (Å²) in [6.45, 7) is 0.0960. The van der Waals surface area contributed by atoms with Crippen LogP contribution in [0.4, 0.5) is 4.79 Å². The maximum atomic E-state index is 12.1. The molecule has 104 valence electrons. The van der Waals surface area contributed by atoms with Crippen molar-refractivity contribution in [3.63, 3.8) is 0 Å². The second-order valence-corrected chi connectivity index (χ2v) is 5.32. The molecule has 1 saturated carbocycles. The maximum Gasteiger partial charge on any atom is 0.323 e. The minimum absolute atomic E-state index is 0.0477. The molecule has 1 fully saturated rings. The summed E-state index contributed by atoms with van der Waals surface area (Å²) >= 11 is 1.47. The van der Waals surface area contributed by atoms with Crippen molar-refractivity contribution in [1.82, 2.24) is 15.2 Å². The van der Waals surface area contributed by atoms with Gasteiger partial charge in [0.05, 0.1) is 17.7 Å². The Morgan fingerprint density at radius 1 is 1.47 bits per heavy atom. The van der Waals surface area contributed by atoms with E-state index in [2.05, 4.69) is 10.3 Å². The number of hydrogen-bond acceptors (Lipinski definition) is 4. The third-order valence-corrected chi connectivity index (χ3v) is 3.87. The average Bonchev–Trinajstić information content (AvgIpc) is 3.05. The number of carbonyl (C=O) groups excluding carboxylic acids is 1. The summed E-state index contributed by atoms with van der Waals surface area (Å²) in [6, 6.07) is -0.270. The lowest BCUT2D eigenvalue weighted by atomic mass is 10.2. The first kappa shape index (κ1) is 13.8. The first-order chi connectivity index (χ1) is 9.16. The number of nitrogens with one attached hydrogen (secondary N) is 1. The molecule has 0 radical (unpaired) electrons. The Bertz CT molecular complexity index is 429. The number of thiazole rings is 1. The van der Waals surface area contributed by atoms with Gasteiger partial charge in [-0.15, -0.1) is 11.3 Å². The highest BCUT2D eigenvalue weighted by Crippen LogP contribution is 2.23. The van der Waals surface area contributed by atoms with Gasteiger partial charge < -0.3 is 15.3 Å². The van der Waals surface area contributed by atoms with Crippen LogP contribution in [0.2, 0.25) is 0 Å². The van der Waals surface area contributed by atoms with E-state index < -0.39 is 5.97 Å². The van der Waals surface area contributed by atoms with Gasteiger partial charge in [0, 0.05) is 11.4 Å². The second kappa shape index (κ2) is 6.51. The molecule has 6 nitrogen and oxygen atoms in total. The fraction of sp³-hybridized carbons (Fsp3) is 0.583. The average molecular weight is 283 g/mol. The molecule has 0 atom stereocenters. The van der Waals surface area contributed by atoms with E-state index in [1.54, 1.807) is 5.51 Å². The van der Waals surface area contributed by atoms with Crippen LogP contribution < -0.4 is 5.32 Å². The SMILES string of the molecule is O=C(O)CN(C(=O)NCc1cscn1)C1CCCC1. The maximum absolute atomic E-state index is 12.1. The molecule has 0 unspecified atom stereocenters. The van der Waals surface area contributed by atoms with E-state index in [0.717, 1.165) is 31.4 Å². The fourth-order valence-electron chi connectivity index (χ4n) is 2.32. The quantitative estimate of drug-likeness (QED) is 0.861. The molecular weight excluding hydrogens is 266 g/mol. The largest absolute Gasteiger partial charge is 0.480 e. The smallest absolute Gasteiger partial charge is 0.323 e. The van der Waals surface area contributed by atoms with Crippen molar-refractivity contribution >= 4 is 23.3 Å². The number of amides is 2. The normalized spacial score (nSPS) is 15.4. The molecule has 1 heterocycles. The molecule has 7 heteroatoms. The first-order valence-corrected chi connectivity index (χ1v) is 7.24. The highest BCUT2D eigenvalue weighted by atomic mass is 32.1. The van der Waals surface area contributed by atoms with Crippen molar-refractivity contribution in [2.75, 3.05) is 6.54 Å². The Kier molecular flexibility index (Phi) is 4.73. The molecule has 1 aliphatic rings. The fourth-order valence-corrected chi connectivity index (χ4v) is 2.88. The van der Waals surface area contributed by atoms with Crippen molar-refractivity contribution in [3.05, 3.63) is 16.6 Å². The number of rotatable bonds is 5. The van der Waals surface area contributed by atoms with Gasteiger partial charge >= 0.3 is 12.0 Å². The van der Waals surface area contributed by atoms with Crippen LogP contribution in [0.25, 0.3) is 0 Å². The summed E-state index contributed by atoms with van der Waals surface area (Å²) in [5.41, 5.74) is 2.49. The monoisotopic (exact) mass is 283 g/mol. The highest BCUT2D eigenvalue weighted by molar-refractivity contribution is 7.07. The summed E-state index contributed by atoms with van der Waals surface area (Å²) in [4.78, 5) is 28.5. The Morgan fingerprint density at radius 2 is 2.21 bits per heavy atom. The molecule has 0 bridgehead atoms. The Balaban J connectivity index is 1.92. The van der Waals surface area contributed by atoms with Crippen molar-refractivity contribution in [3.8, 4) is 0 Å². The van der Waals surface area contributed by atoms with Crippen LogP contribution in [0, 0.1) is 0 Å². The van der Waals surface area contributed by atoms with E-state index in [1.165, 1.54) is 16.2 Å². The molecule has 0 spiro atoms. The van der Waals surface area contributed by atoms with Gasteiger partial charge in [-0.2, -0.15) is 0 Å². The van der Waals surface area contributed by atoms with Gasteiger partial charge in [-0.25, -0.2) is 9.78 Å². The zero-order valence-corrected chi connectivity index (χ0v) is 11.4. The number of carbonyl (C=O) groups is 2. The zero-order chi connectivity index (χ0) is 13.7. The van der Waals surface area contributed by atoms with Crippen molar-refractivity contribution in [2.24, 2.45) is 0 Å². The number of aliphatic carboxylic acids is 1. The lowest BCUT2D eigenvalue weighted by Crippen LogP contribution is -2.47. The summed E-state index contributed by atoms with van der Waals surface area (Å²) in [5, 5.41) is 13.5. The van der Waals surface area contributed by atoms with Gasteiger partial charge in [0.15, 0.2) is 0 Å². The Morgan fingerprint density at radius 3 is 2.79 bits per heavy atom. The van der Waals surface area contributed by atoms with Crippen LogP contribution in [0.3, 0.4) is 0 Å². The van der Waals surface area contributed by atoms with Crippen LogP contribution in [-0.4, -0.2) is 39.6 Å². The van der Waals surface area contributed by atoms with Gasteiger partial charge in [0.2, 0.25) is 0 Å². The van der Waals surface area contributed by atoms with Gasteiger partial charge in [-0.3, -0.25) is 4.79 Å². The Labute approximate surface area is 115 Å². The predicted molar refractivity (Wildman–Crippen MR) is 70.9 cm³/mol. The number of urea groups is 1. The molecule has 1 aromatic rings. The van der Waals surface area contributed by atoms with Crippen LogP contribution in [0.5, 0.6) is 0 Å². The van der Waals surface area contributed by atoms with Gasteiger partial charge in [0.25, 0.3) is 0 Å². The number of nitrogens with zero attached hydrogens (tertiary/aromatic N) is 2. The molecule has 0 saturated heterocycles.